The molecule has 1 saturated heterocycles. The molecule has 1 heterocycles. The van der Waals surface area contributed by atoms with Crippen LogP contribution in [0.1, 0.15) is 40.5 Å². The molecule has 1 fully saturated rings. The van der Waals surface area contributed by atoms with Gasteiger partial charge >= 0.3 is 11.9 Å². The second kappa shape index (κ2) is 6.08. The molecule has 0 saturated carbocycles. The van der Waals surface area contributed by atoms with E-state index in [2.05, 4.69) is 12.6 Å². The molecule has 0 aromatic heterocycles. The first-order valence-corrected chi connectivity index (χ1v) is 6.82. The zero-order valence-corrected chi connectivity index (χ0v) is 12.4. The molecule has 0 bridgehead atoms. The van der Waals surface area contributed by atoms with Crippen molar-refractivity contribution in [3.05, 3.63) is 12.2 Å². The fourth-order valence-electron chi connectivity index (χ4n) is 2.70. The maximum atomic E-state index is 12.1. The number of cyclic esters (lactones) is 1. The van der Waals surface area contributed by atoms with Crippen LogP contribution >= 0.6 is 0 Å². The first kappa shape index (κ1) is 16.2. The summed E-state index contributed by atoms with van der Waals surface area (Å²) in [5.41, 5.74) is -0.847. The van der Waals surface area contributed by atoms with Crippen molar-refractivity contribution in [3.63, 3.8) is 0 Å². The lowest BCUT2D eigenvalue weighted by molar-refractivity contribution is -0.159. The molecule has 0 aliphatic carbocycles. The monoisotopic (exact) mass is 279 g/mol. The van der Waals surface area contributed by atoms with Gasteiger partial charge in [0, 0.05) is 11.5 Å². The lowest BCUT2D eigenvalue weighted by atomic mass is 9.72. The molecule has 110 valence electrons. The molecule has 5 nitrogen and oxygen atoms in total. The molecule has 4 unspecified atom stereocenters. The van der Waals surface area contributed by atoms with Crippen LogP contribution in [-0.4, -0.2) is 24.1 Å². The van der Waals surface area contributed by atoms with Gasteiger partial charge in [0.2, 0.25) is 0 Å². The van der Waals surface area contributed by atoms with Crippen molar-refractivity contribution in [2.75, 3.05) is 0 Å². The Balaban J connectivity index is 2.98. The standard InChI is InChI=1S/C15H21NO4/c1-6-11-12(10(5)19-13(17)9(3)4)20-14(18)15(11,7-2)8-16/h10-12H,3,6-7H2,1-2,4-5H3. The van der Waals surface area contributed by atoms with E-state index in [1.807, 2.05) is 6.92 Å². The molecule has 1 aliphatic heterocycles. The molecule has 0 aromatic rings. The maximum absolute atomic E-state index is 12.1. The average molecular weight is 279 g/mol. The van der Waals surface area contributed by atoms with Gasteiger partial charge in [-0.15, -0.1) is 0 Å². The quantitative estimate of drug-likeness (QED) is 0.570. The predicted molar refractivity (Wildman–Crippen MR) is 72.4 cm³/mol. The molecule has 20 heavy (non-hydrogen) atoms. The first-order valence-electron chi connectivity index (χ1n) is 6.82. The Kier molecular flexibility index (Phi) is 4.93. The number of carbonyl (C=O) groups excluding carboxylic acids is 2. The van der Waals surface area contributed by atoms with E-state index in [4.69, 9.17) is 9.47 Å². The molecule has 0 aromatic carbocycles. The number of ether oxygens (including phenoxy) is 2. The Bertz CT molecular complexity index is 465. The van der Waals surface area contributed by atoms with Gasteiger partial charge in [0.1, 0.15) is 12.2 Å². The van der Waals surface area contributed by atoms with Crippen molar-refractivity contribution in [1.82, 2.24) is 0 Å². The number of carbonyl (C=O) groups is 2. The third-order valence-corrected chi connectivity index (χ3v) is 3.94. The molecule has 1 rings (SSSR count). The summed E-state index contributed by atoms with van der Waals surface area (Å²) in [5.74, 6) is -1.31. The SMILES string of the molecule is C=C(C)C(=O)OC(C)C1OC(=O)C(C#N)(CC)C1CC. The lowest BCUT2D eigenvalue weighted by Gasteiger charge is -2.27. The number of hydrogen-bond acceptors (Lipinski definition) is 5. The van der Waals surface area contributed by atoms with E-state index < -0.39 is 29.6 Å². The Morgan fingerprint density at radius 1 is 1.60 bits per heavy atom. The molecule has 0 radical (unpaired) electrons. The summed E-state index contributed by atoms with van der Waals surface area (Å²) in [7, 11) is 0. The number of nitrogens with zero attached hydrogens (tertiary/aromatic N) is 1. The second-order valence-corrected chi connectivity index (χ2v) is 5.21. The first-order chi connectivity index (χ1) is 9.33. The van der Waals surface area contributed by atoms with Crippen molar-refractivity contribution >= 4 is 11.9 Å². The van der Waals surface area contributed by atoms with Crippen LogP contribution in [-0.2, 0) is 19.1 Å². The Morgan fingerprint density at radius 3 is 2.60 bits per heavy atom. The number of rotatable bonds is 5. The zero-order valence-electron chi connectivity index (χ0n) is 12.4. The van der Waals surface area contributed by atoms with Crippen LogP contribution in [0.4, 0.5) is 0 Å². The van der Waals surface area contributed by atoms with Crippen LogP contribution in [0.2, 0.25) is 0 Å². The van der Waals surface area contributed by atoms with Crippen LogP contribution in [0, 0.1) is 22.7 Å². The minimum Gasteiger partial charge on any atom is -0.457 e. The van der Waals surface area contributed by atoms with Crippen LogP contribution in [0.15, 0.2) is 12.2 Å². The lowest BCUT2D eigenvalue weighted by Crippen LogP contribution is -2.38. The van der Waals surface area contributed by atoms with Crippen LogP contribution in [0.5, 0.6) is 0 Å². The fraction of sp³-hybridized carbons (Fsp3) is 0.667. The fourth-order valence-corrected chi connectivity index (χ4v) is 2.70. The van der Waals surface area contributed by atoms with Gasteiger partial charge in [-0.3, -0.25) is 4.79 Å². The molecule has 1 aliphatic rings. The highest BCUT2D eigenvalue weighted by atomic mass is 16.6. The van der Waals surface area contributed by atoms with Crippen molar-refractivity contribution < 1.29 is 19.1 Å². The highest BCUT2D eigenvalue weighted by molar-refractivity contribution is 5.87. The van der Waals surface area contributed by atoms with Crippen LogP contribution < -0.4 is 0 Å². The summed E-state index contributed by atoms with van der Waals surface area (Å²) < 4.78 is 10.6. The maximum Gasteiger partial charge on any atom is 0.333 e. The normalized spacial score (nSPS) is 30.2. The minimum absolute atomic E-state index is 0.280. The van der Waals surface area contributed by atoms with Gasteiger partial charge in [0.05, 0.1) is 6.07 Å². The molecule has 4 atom stereocenters. The van der Waals surface area contributed by atoms with Crippen molar-refractivity contribution in [2.45, 2.75) is 52.7 Å². The summed E-state index contributed by atoms with van der Waals surface area (Å²) in [6, 6.07) is 2.11. The summed E-state index contributed by atoms with van der Waals surface area (Å²) in [5, 5.41) is 9.39. The predicted octanol–water partition coefficient (Wildman–Crippen LogP) is 2.37. The second-order valence-electron chi connectivity index (χ2n) is 5.21. The summed E-state index contributed by atoms with van der Waals surface area (Å²) in [6.07, 6.45) is -0.198. The molecular weight excluding hydrogens is 258 g/mol. The van der Waals surface area contributed by atoms with Gasteiger partial charge in [-0.2, -0.15) is 5.26 Å². The Hall–Kier alpha value is -1.83. The third kappa shape index (κ3) is 2.55. The average Bonchev–Trinajstić information content (AvgIpc) is 2.70. The van der Waals surface area contributed by atoms with Gasteiger partial charge < -0.3 is 9.47 Å². The summed E-state index contributed by atoms with van der Waals surface area (Å²) >= 11 is 0. The van der Waals surface area contributed by atoms with E-state index in [9.17, 15) is 14.9 Å². The van der Waals surface area contributed by atoms with E-state index in [1.165, 1.54) is 0 Å². The van der Waals surface area contributed by atoms with Gasteiger partial charge in [0.25, 0.3) is 0 Å². The van der Waals surface area contributed by atoms with Gasteiger partial charge in [-0.05, 0) is 26.7 Å². The Labute approximate surface area is 119 Å². The van der Waals surface area contributed by atoms with Crippen molar-refractivity contribution in [2.24, 2.45) is 11.3 Å². The van der Waals surface area contributed by atoms with E-state index in [-0.39, 0.29) is 11.5 Å². The van der Waals surface area contributed by atoms with E-state index in [0.717, 1.165) is 0 Å². The third-order valence-electron chi connectivity index (χ3n) is 3.94. The molecule has 5 heteroatoms. The van der Waals surface area contributed by atoms with Gasteiger partial charge in [-0.25, -0.2) is 4.79 Å². The van der Waals surface area contributed by atoms with Gasteiger partial charge in [0.15, 0.2) is 5.41 Å². The Morgan fingerprint density at radius 2 is 2.20 bits per heavy atom. The number of esters is 2. The topological polar surface area (TPSA) is 76.4 Å². The highest BCUT2D eigenvalue weighted by Gasteiger charge is 2.58. The van der Waals surface area contributed by atoms with E-state index in [0.29, 0.717) is 12.8 Å². The largest absolute Gasteiger partial charge is 0.457 e. The molecule has 0 N–H and O–H groups in total. The zero-order chi connectivity index (χ0) is 15.5. The molecule has 0 amide bonds. The molecule has 0 spiro atoms. The number of hydrogen-bond donors (Lipinski definition) is 0. The van der Waals surface area contributed by atoms with Crippen LogP contribution in [0.25, 0.3) is 0 Å². The van der Waals surface area contributed by atoms with E-state index in [1.54, 1.807) is 20.8 Å². The highest BCUT2D eigenvalue weighted by Crippen LogP contribution is 2.45. The molecular formula is C15H21NO4. The van der Waals surface area contributed by atoms with E-state index >= 15 is 0 Å². The van der Waals surface area contributed by atoms with Crippen LogP contribution in [0.3, 0.4) is 0 Å². The van der Waals surface area contributed by atoms with Gasteiger partial charge in [-0.1, -0.05) is 20.4 Å². The van der Waals surface area contributed by atoms with Crippen molar-refractivity contribution in [1.29, 1.82) is 5.26 Å². The summed E-state index contributed by atoms with van der Waals surface area (Å²) in [4.78, 5) is 23.6. The summed E-state index contributed by atoms with van der Waals surface area (Å²) in [6.45, 7) is 10.4. The van der Waals surface area contributed by atoms with Crippen molar-refractivity contribution in [3.8, 4) is 6.07 Å². The number of nitriles is 1. The smallest absolute Gasteiger partial charge is 0.333 e. The minimum atomic E-state index is -1.14.